The van der Waals surface area contributed by atoms with Crippen LogP contribution in [0.1, 0.15) is 10.7 Å². The third-order valence-electron chi connectivity index (χ3n) is 3.64. The molecule has 0 bridgehead atoms. The first-order chi connectivity index (χ1) is 13.2. The van der Waals surface area contributed by atoms with Crippen molar-refractivity contribution < 1.29 is 17.6 Å². The van der Waals surface area contributed by atoms with E-state index in [1.807, 2.05) is 0 Å². The lowest BCUT2D eigenvalue weighted by Gasteiger charge is -2.10. The van der Waals surface area contributed by atoms with Crippen LogP contribution in [0, 0.1) is 12.7 Å². The number of benzene rings is 1. The van der Waals surface area contributed by atoms with Crippen molar-refractivity contribution in [3.63, 3.8) is 0 Å². The van der Waals surface area contributed by atoms with Crippen molar-refractivity contribution >= 4 is 44.6 Å². The van der Waals surface area contributed by atoms with Crippen LogP contribution >= 0.6 is 22.9 Å². The van der Waals surface area contributed by atoms with Gasteiger partial charge in [0.2, 0.25) is 5.91 Å². The Morgan fingerprint density at radius 1 is 1.32 bits per heavy atom. The number of aryl methyl sites for hydroxylation is 1. The molecule has 3 aromatic rings. The quantitative estimate of drug-likeness (QED) is 0.571. The number of carbonyl (C=O) groups excluding carboxylic acids is 1. The van der Waals surface area contributed by atoms with Crippen LogP contribution in [0.3, 0.4) is 0 Å². The molecular weight excluding hydrogens is 427 g/mol. The Hall–Kier alpha value is -2.56. The number of nitrogens with two attached hydrogens (primary N) is 1. The third-order valence-corrected chi connectivity index (χ3v) is 6.52. The minimum absolute atomic E-state index is 0.0105. The smallest absolute Gasteiger partial charge is 0.261 e. The van der Waals surface area contributed by atoms with Gasteiger partial charge in [0, 0.05) is 11.8 Å². The summed E-state index contributed by atoms with van der Waals surface area (Å²) in [6.07, 6.45) is 1.49. The van der Waals surface area contributed by atoms with Crippen molar-refractivity contribution in [3.05, 3.63) is 58.2 Å². The summed E-state index contributed by atoms with van der Waals surface area (Å²) in [5.74, 6) is -1.05. The number of rotatable bonds is 6. The number of hydrogen-bond acceptors (Lipinski definition) is 6. The van der Waals surface area contributed by atoms with Gasteiger partial charge in [-0.05, 0) is 37.3 Å². The molecule has 28 heavy (non-hydrogen) atoms. The van der Waals surface area contributed by atoms with E-state index in [2.05, 4.69) is 14.7 Å². The normalized spacial score (nSPS) is 11.4. The molecule has 1 amide bonds. The molecule has 0 aliphatic rings. The van der Waals surface area contributed by atoms with E-state index < -0.39 is 21.7 Å². The number of aromatic nitrogens is 2. The van der Waals surface area contributed by atoms with Gasteiger partial charge in [0.25, 0.3) is 10.0 Å². The zero-order chi connectivity index (χ0) is 20.5. The lowest BCUT2D eigenvalue weighted by atomic mass is 10.2. The molecule has 0 saturated carbocycles. The molecule has 0 fully saturated rings. The summed E-state index contributed by atoms with van der Waals surface area (Å²) in [5.41, 5.74) is 6.49. The number of anilines is 1. The minimum Gasteiger partial charge on any atom is -0.369 e. The van der Waals surface area contributed by atoms with Gasteiger partial charge in [-0.1, -0.05) is 11.6 Å². The van der Waals surface area contributed by atoms with Gasteiger partial charge in [0.1, 0.15) is 10.8 Å². The molecule has 11 heteroatoms. The van der Waals surface area contributed by atoms with Gasteiger partial charge >= 0.3 is 0 Å². The summed E-state index contributed by atoms with van der Waals surface area (Å²) >= 11 is 7.30. The molecule has 0 radical (unpaired) electrons. The Bertz CT molecular complexity index is 1150. The van der Waals surface area contributed by atoms with Gasteiger partial charge in [0.15, 0.2) is 5.15 Å². The molecule has 0 spiro atoms. The van der Waals surface area contributed by atoms with Crippen molar-refractivity contribution in [3.8, 4) is 10.4 Å². The molecule has 0 atom stereocenters. The van der Waals surface area contributed by atoms with Gasteiger partial charge in [-0.3, -0.25) is 9.52 Å². The highest BCUT2D eigenvalue weighted by atomic mass is 35.5. The van der Waals surface area contributed by atoms with Gasteiger partial charge in [-0.2, -0.15) is 0 Å². The first-order valence-electron chi connectivity index (χ1n) is 7.84. The maximum absolute atomic E-state index is 13.0. The van der Waals surface area contributed by atoms with Crippen LogP contribution in [-0.2, 0) is 21.2 Å². The van der Waals surface area contributed by atoms with Crippen LogP contribution in [0.2, 0.25) is 5.15 Å². The van der Waals surface area contributed by atoms with E-state index in [4.69, 9.17) is 17.3 Å². The molecular formula is C17H14ClFN4O3S2. The average molecular weight is 441 g/mol. The lowest BCUT2D eigenvalue weighted by molar-refractivity contribution is -0.117. The molecule has 1 aromatic carbocycles. The number of carbonyl (C=O) groups is 1. The Kier molecular flexibility index (Phi) is 5.64. The zero-order valence-electron chi connectivity index (χ0n) is 14.4. The van der Waals surface area contributed by atoms with E-state index in [0.717, 1.165) is 24.3 Å². The van der Waals surface area contributed by atoms with Crippen LogP contribution in [0.4, 0.5) is 10.1 Å². The zero-order valence-corrected chi connectivity index (χ0v) is 16.8. The summed E-state index contributed by atoms with van der Waals surface area (Å²) < 4.78 is 40.5. The molecule has 0 saturated heterocycles. The summed E-state index contributed by atoms with van der Waals surface area (Å²) in [6, 6.07) is 5.90. The molecule has 0 unspecified atom stereocenters. The van der Waals surface area contributed by atoms with Crippen LogP contribution in [0.25, 0.3) is 10.4 Å². The number of pyridine rings is 1. The highest BCUT2D eigenvalue weighted by Crippen LogP contribution is 2.34. The van der Waals surface area contributed by atoms with E-state index in [1.165, 1.54) is 23.6 Å². The van der Waals surface area contributed by atoms with Crippen LogP contribution < -0.4 is 10.5 Å². The predicted molar refractivity (Wildman–Crippen MR) is 105 cm³/mol. The van der Waals surface area contributed by atoms with Crippen LogP contribution in [-0.4, -0.2) is 24.3 Å². The summed E-state index contributed by atoms with van der Waals surface area (Å²) in [5, 5.41) is 0.498. The highest BCUT2D eigenvalue weighted by Gasteiger charge is 2.18. The minimum atomic E-state index is -3.99. The average Bonchev–Trinajstić information content (AvgIpc) is 2.96. The largest absolute Gasteiger partial charge is 0.369 e. The first kappa shape index (κ1) is 20.2. The maximum Gasteiger partial charge on any atom is 0.261 e. The van der Waals surface area contributed by atoms with Gasteiger partial charge in [-0.15, -0.1) is 11.3 Å². The van der Waals surface area contributed by atoms with Crippen molar-refractivity contribution in [1.82, 2.24) is 9.97 Å². The number of sulfonamides is 1. The van der Waals surface area contributed by atoms with Crippen molar-refractivity contribution in [2.24, 2.45) is 5.73 Å². The number of nitrogens with zero attached hydrogens (tertiary/aromatic N) is 2. The van der Waals surface area contributed by atoms with Gasteiger partial charge in [0.05, 0.1) is 27.6 Å². The van der Waals surface area contributed by atoms with E-state index in [9.17, 15) is 17.6 Å². The SMILES string of the molecule is Cc1nc(CC(N)=O)sc1-c1cnc(Cl)c(NS(=O)(=O)c2ccc(F)cc2)c1. The Labute approximate surface area is 169 Å². The van der Waals surface area contributed by atoms with E-state index in [-0.39, 0.29) is 22.2 Å². The summed E-state index contributed by atoms with van der Waals surface area (Å²) in [7, 11) is -3.99. The second-order valence-electron chi connectivity index (χ2n) is 5.79. The van der Waals surface area contributed by atoms with Crippen LogP contribution in [0.5, 0.6) is 0 Å². The first-order valence-corrected chi connectivity index (χ1v) is 10.5. The third kappa shape index (κ3) is 4.46. The molecule has 2 aromatic heterocycles. The fourth-order valence-corrected chi connectivity index (χ4v) is 4.73. The molecule has 7 nitrogen and oxygen atoms in total. The second kappa shape index (κ2) is 7.82. The molecule has 0 aliphatic carbocycles. The van der Waals surface area contributed by atoms with Crippen molar-refractivity contribution in [2.45, 2.75) is 18.2 Å². The highest BCUT2D eigenvalue weighted by molar-refractivity contribution is 7.92. The molecule has 3 rings (SSSR count). The summed E-state index contributed by atoms with van der Waals surface area (Å²) in [4.78, 5) is 20.0. The Balaban J connectivity index is 1.95. The molecule has 0 aliphatic heterocycles. The number of amides is 1. The molecule has 2 heterocycles. The maximum atomic E-state index is 13.0. The Morgan fingerprint density at radius 2 is 2.00 bits per heavy atom. The fraction of sp³-hybridized carbons (Fsp3) is 0.118. The van der Waals surface area contributed by atoms with E-state index in [1.54, 1.807) is 6.92 Å². The van der Waals surface area contributed by atoms with E-state index in [0.29, 0.717) is 21.1 Å². The van der Waals surface area contributed by atoms with Gasteiger partial charge < -0.3 is 5.73 Å². The number of nitrogens with one attached hydrogen (secondary N) is 1. The standard InChI is InChI=1S/C17H14ClFN4O3S2/c1-9-16(27-15(22-9)7-14(20)24)10-6-13(17(18)21-8-10)23-28(25,26)12-4-2-11(19)3-5-12/h2-6,8,23H,7H2,1H3,(H2,20,24). The Morgan fingerprint density at radius 3 is 2.64 bits per heavy atom. The number of primary amides is 1. The lowest BCUT2D eigenvalue weighted by Crippen LogP contribution is -2.13. The number of hydrogen-bond donors (Lipinski definition) is 2. The second-order valence-corrected chi connectivity index (χ2v) is 8.91. The van der Waals surface area contributed by atoms with E-state index >= 15 is 0 Å². The van der Waals surface area contributed by atoms with Crippen molar-refractivity contribution in [2.75, 3.05) is 4.72 Å². The monoisotopic (exact) mass is 440 g/mol. The fourth-order valence-electron chi connectivity index (χ4n) is 2.41. The van der Waals surface area contributed by atoms with Crippen molar-refractivity contribution in [1.29, 1.82) is 0 Å². The number of thiazole rings is 1. The predicted octanol–water partition coefficient (Wildman–Crippen LogP) is 3.13. The van der Waals surface area contributed by atoms with Crippen LogP contribution in [0.15, 0.2) is 41.4 Å². The summed E-state index contributed by atoms with van der Waals surface area (Å²) in [6.45, 7) is 1.76. The van der Waals surface area contributed by atoms with Gasteiger partial charge in [-0.25, -0.2) is 22.8 Å². The molecule has 146 valence electrons. The number of halogens is 2. The molecule has 3 N–H and O–H groups in total. The topological polar surface area (TPSA) is 115 Å².